The minimum atomic E-state index is 1.25. The van der Waals surface area contributed by atoms with Gasteiger partial charge in [-0.2, -0.15) is 0 Å². The van der Waals surface area contributed by atoms with Gasteiger partial charge in [-0.1, -0.05) is 158 Å². The van der Waals surface area contributed by atoms with Crippen LogP contribution in [0, 0.1) is 0 Å². The van der Waals surface area contributed by atoms with Crippen molar-refractivity contribution in [2.45, 2.75) is 0 Å². The van der Waals surface area contributed by atoms with E-state index in [1.165, 1.54) is 106 Å². The fourth-order valence-electron chi connectivity index (χ4n) is 8.29. The van der Waals surface area contributed by atoms with Crippen LogP contribution in [0.4, 0.5) is 0 Å². The van der Waals surface area contributed by atoms with Crippen molar-refractivity contribution in [2.75, 3.05) is 0 Å². The fourth-order valence-corrected chi connectivity index (χ4v) is 10.9. The van der Waals surface area contributed by atoms with Crippen LogP contribution in [-0.2, 0) is 0 Å². The van der Waals surface area contributed by atoms with Crippen LogP contribution in [0.15, 0.2) is 170 Å². The molecule has 0 saturated heterocycles. The van der Waals surface area contributed by atoms with Crippen molar-refractivity contribution in [3.8, 4) is 33.4 Å². The Labute approximate surface area is 297 Å². The van der Waals surface area contributed by atoms with Gasteiger partial charge in [-0.25, -0.2) is 0 Å². The Hall–Kier alpha value is -5.80. The highest BCUT2D eigenvalue weighted by Crippen LogP contribution is 2.48. The molecule has 0 fully saturated rings. The van der Waals surface area contributed by atoms with Crippen LogP contribution in [0.1, 0.15) is 0 Å². The van der Waals surface area contributed by atoms with Crippen molar-refractivity contribution in [2.24, 2.45) is 0 Å². The smallest absolute Gasteiger partial charge is 0.0534 e. The van der Waals surface area contributed by atoms with E-state index in [0.717, 1.165) is 0 Å². The predicted molar refractivity (Wildman–Crippen MR) is 221 cm³/mol. The van der Waals surface area contributed by atoms with Gasteiger partial charge in [0.15, 0.2) is 0 Å². The molecular weight excluding hydrogens is 641 g/mol. The molecule has 0 N–H and O–H groups in total. The lowest BCUT2D eigenvalue weighted by Crippen LogP contribution is -1.92. The highest BCUT2D eigenvalue weighted by Gasteiger charge is 2.19. The molecule has 0 saturated carbocycles. The highest BCUT2D eigenvalue weighted by molar-refractivity contribution is 7.33. The van der Waals surface area contributed by atoms with Gasteiger partial charge in [-0.15, -0.1) is 22.7 Å². The molecule has 0 bridgehead atoms. The maximum atomic E-state index is 2.42. The lowest BCUT2D eigenvalue weighted by atomic mass is 9.84. The maximum Gasteiger partial charge on any atom is 0.0534 e. The van der Waals surface area contributed by atoms with Crippen LogP contribution in [-0.4, -0.2) is 0 Å². The third kappa shape index (κ3) is 4.04. The first kappa shape index (κ1) is 28.1. The first-order valence-corrected chi connectivity index (χ1v) is 18.7. The lowest BCUT2D eigenvalue weighted by molar-refractivity contribution is 1.66. The molecule has 2 aromatic heterocycles. The van der Waals surface area contributed by atoms with Crippen molar-refractivity contribution in [1.82, 2.24) is 0 Å². The summed E-state index contributed by atoms with van der Waals surface area (Å²) in [4.78, 5) is 0. The number of rotatable bonds is 3. The fraction of sp³-hybridized carbons (Fsp3) is 0. The first-order chi connectivity index (χ1) is 24.8. The molecule has 9 aromatic carbocycles. The highest BCUT2D eigenvalue weighted by atomic mass is 32.1. The molecule has 0 unspecified atom stereocenters. The van der Waals surface area contributed by atoms with E-state index in [9.17, 15) is 0 Å². The second-order valence-electron chi connectivity index (χ2n) is 13.1. The summed E-state index contributed by atoms with van der Waals surface area (Å²) in [6, 6.07) is 62.9. The molecule has 0 aliphatic carbocycles. The minimum Gasteiger partial charge on any atom is -0.134 e. The van der Waals surface area contributed by atoms with E-state index >= 15 is 0 Å². The predicted octanol–water partition coefficient (Wildman–Crippen LogP) is 14.9. The maximum absolute atomic E-state index is 2.42. The second kappa shape index (κ2) is 10.9. The first-order valence-electron chi connectivity index (χ1n) is 17.1. The number of fused-ring (bicyclic) bond motifs is 10. The minimum absolute atomic E-state index is 1.25. The van der Waals surface area contributed by atoms with E-state index in [1.54, 1.807) is 0 Å². The average Bonchev–Trinajstić information content (AvgIpc) is 3.75. The van der Waals surface area contributed by atoms with E-state index in [4.69, 9.17) is 0 Å². The molecule has 232 valence electrons. The van der Waals surface area contributed by atoms with Gasteiger partial charge in [0.1, 0.15) is 0 Å². The van der Waals surface area contributed by atoms with Gasteiger partial charge in [0.2, 0.25) is 0 Å². The van der Waals surface area contributed by atoms with Gasteiger partial charge in [0, 0.05) is 30.9 Å². The molecule has 2 heteroatoms. The van der Waals surface area contributed by atoms with Crippen LogP contribution in [0.25, 0.3) is 106 Å². The van der Waals surface area contributed by atoms with Crippen molar-refractivity contribution in [3.63, 3.8) is 0 Å². The third-order valence-electron chi connectivity index (χ3n) is 10.5. The van der Waals surface area contributed by atoms with Crippen molar-refractivity contribution in [1.29, 1.82) is 0 Å². The average molecular weight is 669 g/mol. The molecule has 11 aromatic rings. The van der Waals surface area contributed by atoms with E-state index in [1.807, 2.05) is 22.7 Å². The van der Waals surface area contributed by atoms with Crippen LogP contribution in [0.5, 0.6) is 0 Å². The molecule has 0 spiro atoms. The molecule has 50 heavy (non-hydrogen) atoms. The normalized spacial score (nSPS) is 12.0. The monoisotopic (exact) mass is 668 g/mol. The Morgan fingerprint density at radius 2 is 0.720 bits per heavy atom. The Bertz CT molecular complexity index is 3080. The van der Waals surface area contributed by atoms with Crippen LogP contribution < -0.4 is 0 Å². The van der Waals surface area contributed by atoms with Gasteiger partial charge in [0.25, 0.3) is 0 Å². The molecule has 0 amide bonds. The Kier molecular flexibility index (Phi) is 6.09. The molecule has 0 aliphatic rings. The van der Waals surface area contributed by atoms with Crippen LogP contribution >= 0.6 is 22.7 Å². The summed E-state index contributed by atoms with van der Waals surface area (Å²) in [6.45, 7) is 0. The molecule has 0 radical (unpaired) electrons. The number of hydrogen-bond acceptors (Lipinski definition) is 2. The zero-order valence-electron chi connectivity index (χ0n) is 27.0. The third-order valence-corrected chi connectivity index (χ3v) is 13.0. The number of benzene rings is 9. The van der Waals surface area contributed by atoms with Gasteiger partial charge in [0.05, 0.1) is 9.40 Å². The zero-order chi connectivity index (χ0) is 32.8. The molecule has 11 rings (SSSR count). The van der Waals surface area contributed by atoms with Crippen LogP contribution in [0.2, 0.25) is 0 Å². The zero-order valence-corrected chi connectivity index (χ0v) is 28.6. The van der Waals surface area contributed by atoms with Crippen molar-refractivity contribution < 1.29 is 0 Å². The number of thiophene rings is 2. The van der Waals surface area contributed by atoms with Gasteiger partial charge in [-0.3, -0.25) is 0 Å². The molecule has 2 heterocycles. The summed E-state index contributed by atoms with van der Waals surface area (Å²) in [6.07, 6.45) is 0. The molecular formula is C48H28S2. The quantitative estimate of drug-likeness (QED) is 0.164. The SMILES string of the molecule is c1ccc(-c2c3ccccc3c(-c3ccc(-c4ccc5c(c4)sc4c5ccc5c6ccccc6sc54)c4ccccc34)c3ccccc23)cc1. The molecule has 0 nitrogen and oxygen atoms in total. The van der Waals surface area contributed by atoms with Crippen LogP contribution in [0.3, 0.4) is 0 Å². The van der Waals surface area contributed by atoms with Crippen molar-refractivity contribution >= 4 is 95.3 Å². The molecule has 0 atom stereocenters. The topological polar surface area (TPSA) is 0 Å². The van der Waals surface area contributed by atoms with E-state index in [0.29, 0.717) is 0 Å². The summed E-state index contributed by atoms with van der Waals surface area (Å²) in [5, 5.41) is 13.1. The van der Waals surface area contributed by atoms with E-state index in [-0.39, 0.29) is 0 Å². The lowest BCUT2D eigenvalue weighted by Gasteiger charge is -2.19. The summed E-state index contributed by atoms with van der Waals surface area (Å²) in [5.74, 6) is 0. The Morgan fingerprint density at radius 3 is 1.38 bits per heavy atom. The Morgan fingerprint density at radius 1 is 0.260 bits per heavy atom. The summed E-state index contributed by atoms with van der Waals surface area (Å²) >= 11 is 3.85. The summed E-state index contributed by atoms with van der Waals surface area (Å²) in [7, 11) is 0. The second-order valence-corrected chi connectivity index (χ2v) is 15.2. The molecule has 0 aliphatic heterocycles. The largest absolute Gasteiger partial charge is 0.134 e. The summed E-state index contributed by atoms with van der Waals surface area (Å²) < 4.78 is 5.49. The van der Waals surface area contributed by atoms with E-state index in [2.05, 4.69) is 170 Å². The number of hydrogen-bond donors (Lipinski definition) is 0. The summed E-state index contributed by atoms with van der Waals surface area (Å²) in [5.41, 5.74) is 7.64. The van der Waals surface area contributed by atoms with Crippen molar-refractivity contribution in [3.05, 3.63) is 170 Å². The van der Waals surface area contributed by atoms with E-state index < -0.39 is 0 Å². The standard InChI is InChI=1S/C48H28S2/c1-2-12-29(13-3-1)45-36-17-6-8-19-38(36)46(39-20-9-7-18-37(39)45)40-25-24-31(32-14-4-5-15-33(32)40)30-22-23-35-42-27-26-41-34-16-10-11-21-43(34)49-47(41)48(42)50-44(35)28-30/h1-28H. The van der Waals surface area contributed by atoms with Gasteiger partial charge < -0.3 is 0 Å². The Balaban J connectivity index is 1.14. The van der Waals surface area contributed by atoms with Gasteiger partial charge in [-0.05, 0) is 77.8 Å². The van der Waals surface area contributed by atoms with Gasteiger partial charge >= 0.3 is 0 Å².